The number of aromatic hydroxyl groups is 1. The molecule has 1 atom stereocenters. The zero-order valence-corrected chi connectivity index (χ0v) is 44.4. The molecule has 0 spiro atoms. The number of benzene rings is 4. The van der Waals surface area contributed by atoms with Gasteiger partial charge in [0.1, 0.15) is 28.4 Å². The molecule has 0 bridgehead atoms. The topological polar surface area (TPSA) is 257 Å². The zero-order chi connectivity index (χ0) is 54.2. The first-order chi connectivity index (χ1) is 35.7. The number of hydrogen-bond donors (Lipinski definition) is 6. The molecule has 392 valence electrons. The average Bonchev–Trinajstić information content (AvgIpc) is 3.97. The third kappa shape index (κ3) is 12.8. The van der Waals surface area contributed by atoms with Crippen LogP contribution in [0.5, 0.6) is 17.2 Å². The number of ether oxygens (including phenoxy) is 2. The lowest BCUT2D eigenvalue weighted by Gasteiger charge is -2.31. The highest BCUT2D eigenvalue weighted by atomic mass is 32.2. The molecular weight excluding hydrogens is 975 g/mol. The number of thioether (sulfide) groups is 1. The van der Waals surface area contributed by atoms with E-state index < -0.39 is 41.2 Å². The molecule has 4 aromatic carbocycles. The minimum atomic E-state index is -1.16. The standard InChI is InChI=1S/C55H63N11O8S/c1-10-13-14-43(73-42-24-17-34(53(4,5)11-2)25-38(42)54(6,7)12-3)48(69)63-40-26-41(67)39(64-51(71)62-36-18-15-33(28-56)16-19-36)27-44(40)74-52(72)66-50(70)55(8,9)30-65(66)37-22-20-35(21-23-37)61-45(68)29-75-49-46-47(58-31-57-46)59-32-60-49/h15-27,31-32,43,67H,10-14,29-30H2,1-9H3,(H,61,68)(H,63,69)(H2,62,64,71)(H,57,58,59,60). The van der Waals surface area contributed by atoms with Crippen molar-refractivity contribution in [1.82, 2.24) is 24.9 Å². The van der Waals surface area contributed by atoms with Gasteiger partial charge in [0.15, 0.2) is 17.5 Å². The smallest absolute Gasteiger partial charge is 0.441 e. The largest absolute Gasteiger partial charge is 0.506 e. The summed E-state index contributed by atoms with van der Waals surface area (Å²) in [7, 11) is 0. The lowest BCUT2D eigenvalue weighted by atomic mass is 9.76. The maximum Gasteiger partial charge on any atom is 0.441 e. The summed E-state index contributed by atoms with van der Waals surface area (Å²) < 4.78 is 12.7. The molecule has 7 rings (SSSR count). The fraction of sp³-hybridized carbons (Fsp3) is 0.364. The van der Waals surface area contributed by atoms with Crippen LogP contribution in [0.4, 0.5) is 38.0 Å². The Morgan fingerprint density at radius 1 is 0.853 bits per heavy atom. The van der Waals surface area contributed by atoms with Gasteiger partial charge in [-0.25, -0.2) is 24.5 Å². The van der Waals surface area contributed by atoms with Gasteiger partial charge in [-0.3, -0.25) is 19.4 Å². The zero-order valence-electron chi connectivity index (χ0n) is 43.6. The number of fused-ring (bicyclic) bond motifs is 1. The number of aromatic nitrogens is 4. The van der Waals surface area contributed by atoms with Gasteiger partial charge in [-0.05, 0) is 111 Å². The molecular formula is C55H63N11O8S. The van der Waals surface area contributed by atoms with Gasteiger partial charge >= 0.3 is 12.1 Å². The number of unbranched alkanes of at least 4 members (excludes halogenated alkanes) is 1. The van der Waals surface area contributed by atoms with Gasteiger partial charge in [0.2, 0.25) is 5.91 Å². The van der Waals surface area contributed by atoms with E-state index in [1.54, 1.807) is 38.1 Å². The van der Waals surface area contributed by atoms with Crippen molar-refractivity contribution < 1.29 is 38.6 Å². The Morgan fingerprint density at radius 2 is 1.55 bits per heavy atom. The van der Waals surface area contributed by atoms with E-state index in [0.29, 0.717) is 57.4 Å². The van der Waals surface area contributed by atoms with Crippen LogP contribution in [-0.4, -0.2) is 78.3 Å². The SMILES string of the molecule is CCCCC(Oc1ccc(C(C)(C)CC)cc1C(C)(C)CC)C(=O)Nc1cc(O)c(NC(=O)Nc2ccc(C#N)cc2)cc1OC(=O)N1C(=O)C(C)(C)CN1c1ccc(NC(=O)CSc2ncnc3[nH]cnc23)cc1. The minimum Gasteiger partial charge on any atom is -0.506 e. The quantitative estimate of drug-likeness (QED) is 0.0251. The van der Waals surface area contributed by atoms with Gasteiger partial charge in [0.25, 0.3) is 11.8 Å². The van der Waals surface area contributed by atoms with Crippen LogP contribution < -0.4 is 35.7 Å². The molecule has 1 aliphatic heterocycles. The third-order valence-electron chi connectivity index (χ3n) is 13.4. The Bertz CT molecular complexity index is 3130. The first-order valence-corrected chi connectivity index (χ1v) is 25.7. The van der Waals surface area contributed by atoms with Crippen molar-refractivity contribution in [3.63, 3.8) is 0 Å². The summed E-state index contributed by atoms with van der Waals surface area (Å²) in [5.74, 6) is -1.76. The fourth-order valence-corrected chi connectivity index (χ4v) is 8.82. The maximum absolute atomic E-state index is 14.6. The highest BCUT2D eigenvalue weighted by Gasteiger charge is 2.49. The van der Waals surface area contributed by atoms with E-state index in [4.69, 9.17) is 9.47 Å². The highest BCUT2D eigenvalue weighted by Crippen LogP contribution is 2.42. The summed E-state index contributed by atoms with van der Waals surface area (Å²) in [6.07, 6.45) is 4.10. The number of urea groups is 1. The van der Waals surface area contributed by atoms with Crippen LogP contribution in [-0.2, 0) is 25.2 Å². The van der Waals surface area contributed by atoms with E-state index >= 15 is 0 Å². The number of imidazole rings is 1. The monoisotopic (exact) mass is 1040 g/mol. The number of hydrogen-bond acceptors (Lipinski definition) is 14. The van der Waals surface area contributed by atoms with E-state index in [2.05, 4.69) is 88.8 Å². The molecule has 0 aliphatic carbocycles. The second-order valence-electron chi connectivity index (χ2n) is 20.1. The number of nitrogens with zero attached hydrogens (tertiary/aromatic N) is 6. The lowest BCUT2D eigenvalue weighted by Crippen LogP contribution is -2.46. The van der Waals surface area contributed by atoms with Crippen molar-refractivity contribution >= 4 is 81.2 Å². The van der Waals surface area contributed by atoms with Crippen LogP contribution in [0.1, 0.15) is 111 Å². The summed E-state index contributed by atoms with van der Waals surface area (Å²) in [6, 6.07) is 22.2. The van der Waals surface area contributed by atoms with Crippen molar-refractivity contribution in [3.8, 4) is 23.3 Å². The van der Waals surface area contributed by atoms with Gasteiger partial charge in [0, 0.05) is 29.1 Å². The van der Waals surface area contributed by atoms with Crippen LogP contribution in [0.3, 0.4) is 0 Å². The molecule has 1 saturated heterocycles. The normalized spacial score (nSPS) is 13.7. The van der Waals surface area contributed by atoms with E-state index in [0.717, 1.165) is 47.5 Å². The van der Waals surface area contributed by atoms with Crippen LogP contribution in [0.15, 0.2) is 96.5 Å². The molecule has 6 amide bonds. The Hall–Kier alpha value is -8.18. The summed E-state index contributed by atoms with van der Waals surface area (Å²) in [4.78, 5) is 85.1. The lowest BCUT2D eigenvalue weighted by molar-refractivity contribution is -0.132. The number of carbonyl (C=O) groups is 5. The number of anilines is 5. The van der Waals surface area contributed by atoms with Gasteiger partial charge in [-0.15, -0.1) is 0 Å². The van der Waals surface area contributed by atoms with Gasteiger partial charge in [0.05, 0.1) is 52.7 Å². The third-order valence-corrected chi connectivity index (χ3v) is 14.4. The summed E-state index contributed by atoms with van der Waals surface area (Å²) in [5.41, 5.74) is 2.90. The molecule has 0 saturated carbocycles. The van der Waals surface area contributed by atoms with Crippen molar-refractivity contribution in [3.05, 3.63) is 108 Å². The van der Waals surface area contributed by atoms with Crippen molar-refractivity contribution in [2.75, 3.05) is 38.6 Å². The highest BCUT2D eigenvalue weighted by molar-refractivity contribution is 8.00. The number of phenolic OH excluding ortho intramolecular Hbond substituents is 1. The number of phenols is 1. The van der Waals surface area contributed by atoms with Crippen molar-refractivity contribution in [1.29, 1.82) is 5.26 Å². The molecule has 0 radical (unpaired) electrons. The summed E-state index contributed by atoms with van der Waals surface area (Å²) >= 11 is 1.20. The van der Waals surface area contributed by atoms with Crippen LogP contribution in [0, 0.1) is 16.7 Å². The molecule has 75 heavy (non-hydrogen) atoms. The Balaban J connectivity index is 1.16. The molecule has 3 heterocycles. The molecule has 20 heteroatoms. The average molecular weight is 1040 g/mol. The molecule has 2 aromatic heterocycles. The predicted molar refractivity (Wildman–Crippen MR) is 289 cm³/mol. The number of imide groups is 1. The second-order valence-corrected chi connectivity index (χ2v) is 21.1. The number of nitrogens with one attached hydrogen (secondary N) is 5. The number of carbonyl (C=O) groups excluding carboxylic acids is 5. The fourth-order valence-electron chi connectivity index (χ4n) is 8.07. The number of rotatable bonds is 19. The predicted octanol–water partition coefficient (Wildman–Crippen LogP) is 11.0. The number of amides is 6. The molecule has 1 unspecified atom stereocenters. The van der Waals surface area contributed by atoms with Gasteiger partial charge in [-0.1, -0.05) is 78.8 Å². The van der Waals surface area contributed by atoms with Crippen molar-refractivity contribution in [2.24, 2.45) is 5.41 Å². The van der Waals surface area contributed by atoms with Gasteiger partial charge in [-0.2, -0.15) is 10.3 Å². The maximum atomic E-state index is 14.6. The van der Waals surface area contributed by atoms with E-state index in [1.807, 2.05) is 25.1 Å². The molecule has 1 aliphatic rings. The number of H-pyrrole nitrogens is 1. The van der Waals surface area contributed by atoms with Crippen LogP contribution >= 0.6 is 11.8 Å². The second kappa shape index (κ2) is 22.9. The number of nitriles is 1. The van der Waals surface area contributed by atoms with E-state index in [-0.39, 0.29) is 46.2 Å². The summed E-state index contributed by atoms with van der Waals surface area (Å²) in [6.45, 7) is 18.3. The van der Waals surface area contributed by atoms with E-state index in [9.17, 15) is 34.3 Å². The Labute approximate surface area is 440 Å². The van der Waals surface area contributed by atoms with Crippen LogP contribution in [0.25, 0.3) is 11.2 Å². The minimum absolute atomic E-state index is 0.0318. The first-order valence-electron chi connectivity index (χ1n) is 24.7. The molecule has 6 aromatic rings. The van der Waals surface area contributed by atoms with Gasteiger partial charge < -0.3 is 40.8 Å². The Kier molecular flexibility index (Phi) is 16.7. The van der Waals surface area contributed by atoms with E-state index in [1.165, 1.54) is 53.7 Å². The Morgan fingerprint density at radius 3 is 2.23 bits per heavy atom. The number of aromatic amines is 1. The summed E-state index contributed by atoms with van der Waals surface area (Å²) in [5, 5.41) is 34.3. The van der Waals surface area contributed by atoms with Crippen molar-refractivity contribution in [2.45, 2.75) is 116 Å². The first kappa shape index (κ1) is 54.6. The number of hydrazine groups is 1. The molecule has 1 fully saturated rings. The van der Waals surface area contributed by atoms with Crippen LogP contribution in [0.2, 0.25) is 0 Å². The molecule has 19 nitrogen and oxygen atoms in total. The molecule has 6 N–H and O–H groups in total.